The van der Waals surface area contributed by atoms with Crippen LogP contribution in [0.1, 0.15) is 21.7 Å². The van der Waals surface area contributed by atoms with Crippen molar-refractivity contribution in [3.63, 3.8) is 0 Å². The lowest BCUT2D eigenvalue weighted by Gasteiger charge is -2.10. The fourth-order valence-electron chi connectivity index (χ4n) is 2.57. The molecule has 26 heavy (non-hydrogen) atoms. The van der Waals surface area contributed by atoms with E-state index in [1.807, 2.05) is 0 Å². The molecule has 0 spiro atoms. The van der Waals surface area contributed by atoms with Gasteiger partial charge in [-0.15, -0.1) is 0 Å². The van der Waals surface area contributed by atoms with Crippen LogP contribution in [0.2, 0.25) is 0 Å². The Morgan fingerprint density at radius 1 is 1.19 bits per heavy atom. The molecule has 1 heterocycles. The van der Waals surface area contributed by atoms with Crippen molar-refractivity contribution in [3.8, 4) is 5.75 Å². The second kappa shape index (κ2) is 6.36. The molecule has 0 saturated carbocycles. The normalized spacial score (nSPS) is 11.6. The number of methoxy groups -OCH3 is 1. The number of hydrogen-bond donors (Lipinski definition) is 1. The first-order valence-corrected chi connectivity index (χ1v) is 7.46. The van der Waals surface area contributed by atoms with E-state index in [9.17, 15) is 22.4 Å². The highest BCUT2D eigenvalue weighted by molar-refractivity contribution is 6.07. The summed E-state index contributed by atoms with van der Waals surface area (Å²) in [5.41, 5.74) is -0.875. The van der Waals surface area contributed by atoms with Gasteiger partial charge in [-0.3, -0.25) is 4.79 Å². The van der Waals surface area contributed by atoms with E-state index >= 15 is 0 Å². The molecule has 4 nitrogen and oxygen atoms in total. The first-order chi connectivity index (χ1) is 12.2. The Balaban J connectivity index is 1.99. The predicted octanol–water partition coefficient (Wildman–Crippen LogP) is 5.16. The number of hydrogen-bond acceptors (Lipinski definition) is 3. The van der Waals surface area contributed by atoms with E-state index in [1.54, 1.807) is 25.1 Å². The van der Waals surface area contributed by atoms with Gasteiger partial charge in [0, 0.05) is 10.9 Å². The number of anilines is 1. The Kier molecular flexibility index (Phi) is 4.35. The highest BCUT2D eigenvalue weighted by Gasteiger charge is 2.31. The quantitative estimate of drug-likeness (QED) is 0.651. The SMILES string of the molecule is COc1cccc2c(C)c(C(=O)Nc3cc(C(F)(F)F)ccc3F)oc12. The van der Waals surface area contributed by atoms with Crippen LogP contribution in [0.15, 0.2) is 40.8 Å². The Morgan fingerprint density at radius 3 is 2.58 bits per heavy atom. The highest BCUT2D eigenvalue weighted by Crippen LogP contribution is 2.34. The van der Waals surface area contributed by atoms with Crippen LogP contribution in [-0.4, -0.2) is 13.0 Å². The van der Waals surface area contributed by atoms with Crippen LogP contribution in [0.4, 0.5) is 23.2 Å². The van der Waals surface area contributed by atoms with Crippen molar-refractivity contribution in [2.45, 2.75) is 13.1 Å². The zero-order valence-electron chi connectivity index (χ0n) is 13.7. The van der Waals surface area contributed by atoms with Crippen LogP contribution in [0.25, 0.3) is 11.0 Å². The molecule has 0 aliphatic rings. The average molecular weight is 367 g/mol. The van der Waals surface area contributed by atoms with Crippen molar-refractivity contribution in [2.75, 3.05) is 12.4 Å². The summed E-state index contributed by atoms with van der Waals surface area (Å²) in [6.45, 7) is 1.61. The summed E-state index contributed by atoms with van der Waals surface area (Å²) >= 11 is 0. The number of para-hydroxylation sites is 1. The van der Waals surface area contributed by atoms with Gasteiger partial charge in [-0.2, -0.15) is 13.2 Å². The molecule has 3 aromatic rings. The number of carbonyl (C=O) groups is 1. The smallest absolute Gasteiger partial charge is 0.416 e. The fourth-order valence-corrected chi connectivity index (χ4v) is 2.57. The van der Waals surface area contributed by atoms with E-state index in [2.05, 4.69) is 5.32 Å². The third kappa shape index (κ3) is 3.10. The highest BCUT2D eigenvalue weighted by atomic mass is 19.4. The molecule has 0 saturated heterocycles. The minimum absolute atomic E-state index is 0.138. The molecule has 1 N–H and O–H groups in total. The van der Waals surface area contributed by atoms with E-state index in [0.29, 0.717) is 40.5 Å². The van der Waals surface area contributed by atoms with Gasteiger partial charge in [0.2, 0.25) is 0 Å². The van der Waals surface area contributed by atoms with Crippen LogP contribution in [0, 0.1) is 12.7 Å². The van der Waals surface area contributed by atoms with E-state index < -0.39 is 29.2 Å². The number of aryl methyl sites for hydroxylation is 1. The van der Waals surface area contributed by atoms with Gasteiger partial charge in [0.1, 0.15) is 5.82 Å². The van der Waals surface area contributed by atoms with Gasteiger partial charge in [0.05, 0.1) is 18.4 Å². The first kappa shape index (κ1) is 17.8. The summed E-state index contributed by atoms with van der Waals surface area (Å²) < 4.78 is 62.8. The number of amides is 1. The molecule has 3 rings (SSSR count). The van der Waals surface area contributed by atoms with Crippen LogP contribution in [0.3, 0.4) is 0 Å². The number of carbonyl (C=O) groups excluding carboxylic acids is 1. The predicted molar refractivity (Wildman–Crippen MR) is 86.9 cm³/mol. The molecular weight excluding hydrogens is 354 g/mol. The molecule has 0 bridgehead atoms. The molecule has 8 heteroatoms. The molecule has 1 amide bonds. The van der Waals surface area contributed by atoms with Gasteiger partial charge in [-0.1, -0.05) is 12.1 Å². The zero-order valence-corrected chi connectivity index (χ0v) is 13.7. The van der Waals surface area contributed by atoms with Gasteiger partial charge in [0.15, 0.2) is 17.1 Å². The van der Waals surface area contributed by atoms with Crippen molar-refractivity contribution < 1.29 is 31.5 Å². The molecule has 2 aromatic carbocycles. The Labute approximate surface area is 145 Å². The van der Waals surface area contributed by atoms with Crippen molar-refractivity contribution in [2.24, 2.45) is 0 Å². The van der Waals surface area contributed by atoms with E-state index in [1.165, 1.54) is 7.11 Å². The van der Waals surface area contributed by atoms with Crippen molar-refractivity contribution in [1.29, 1.82) is 0 Å². The number of benzene rings is 2. The lowest BCUT2D eigenvalue weighted by atomic mass is 10.1. The largest absolute Gasteiger partial charge is 0.493 e. The molecule has 0 unspecified atom stereocenters. The maximum atomic E-state index is 13.8. The Bertz CT molecular complexity index is 992. The monoisotopic (exact) mass is 367 g/mol. The molecule has 136 valence electrons. The maximum Gasteiger partial charge on any atom is 0.416 e. The fraction of sp³-hybridized carbons (Fsp3) is 0.167. The Hall–Kier alpha value is -3.03. The summed E-state index contributed by atoms with van der Waals surface area (Å²) in [5.74, 6) is -1.59. The third-order valence-electron chi connectivity index (χ3n) is 3.90. The molecule has 0 aliphatic carbocycles. The molecule has 0 atom stereocenters. The third-order valence-corrected chi connectivity index (χ3v) is 3.90. The minimum Gasteiger partial charge on any atom is -0.493 e. The number of fused-ring (bicyclic) bond motifs is 1. The number of halogens is 4. The summed E-state index contributed by atoms with van der Waals surface area (Å²) in [6.07, 6.45) is -4.66. The van der Waals surface area contributed by atoms with Crippen LogP contribution in [0.5, 0.6) is 5.75 Å². The summed E-state index contributed by atoms with van der Waals surface area (Å²) in [4.78, 5) is 12.4. The first-order valence-electron chi connectivity index (χ1n) is 7.46. The summed E-state index contributed by atoms with van der Waals surface area (Å²) in [7, 11) is 1.43. The van der Waals surface area contributed by atoms with Crippen LogP contribution in [-0.2, 0) is 6.18 Å². The number of furan rings is 1. The molecule has 0 fully saturated rings. The standard InChI is InChI=1S/C18H13F4NO3/c1-9-11-4-3-5-14(25-2)16(11)26-15(9)17(24)23-13-8-10(18(20,21)22)6-7-12(13)19/h3-8H,1-2H3,(H,23,24). The van der Waals surface area contributed by atoms with Crippen molar-refractivity contribution in [3.05, 3.63) is 59.1 Å². The lowest BCUT2D eigenvalue weighted by molar-refractivity contribution is -0.137. The second-order valence-corrected chi connectivity index (χ2v) is 5.54. The minimum atomic E-state index is -4.66. The van der Waals surface area contributed by atoms with Gasteiger partial charge in [-0.25, -0.2) is 4.39 Å². The average Bonchev–Trinajstić information content (AvgIpc) is 2.93. The van der Waals surface area contributed by atoms with Crippen molar-refractivity contribution >= 4 is 22.6 Å². The molecule has 1 aromatic heterocycles. The molecule has 0 aliphatic heterocycles. The maximum absolute atomic E-state index is 13.8. The lowest BCUT2D eigenvalue weighted by Crippen LogP contribution is -2.14. The number of rotatable bonds is 3. The second-order valence-electron chi connectivity index (χ2n) is 5.54. The number of nitrogens with one attached hydrogen (secondary N) is 1. The Morgan fingerprint density at radius 2 is 1.92 bits per heavy atom. The van der Waals surface area contributed by atoms with E-state index in [0.717, 1.165) is 0 Å². The summed E-state index contributed by atoms with van der Waals surface area (Å²) in [5, 5.41) is 2.74. The van der Waals surface area contributed by atoms with Gasteiger partial charge in [-0.05, 0) is 31.2 Å². The van der Waals surface area contributed by atoms with Gasteiger partial charge < -0.3 is 14.5 Å². The summed E-state index contributed by atoms with van der Waals surface area (Å²) in [6, 6.07) is 6.83. The van der Waals surface area contributed by atoms with Gasteiger partial charge >= 0.3 is 6.18 Å². The van der Waals surface area contributed by atoms with Crippen LogP contribution >= 0.6 is 0 Å². The number of alkyl halides is 3. The molecular formula is C18H13F4NO3. The van der Waals surface area contributed by atoms with E-state index in [4.69, 9.17) is 9.15 Å². The van der Waals surface area contributed by atoms with Crippen LogP contribution < -0.4 is 10.1 Å². The number of ether oxygens (including phenoxy) is 1. The molecule has 0 radical (unpaired) electrons. The van der Waals surface area contributed by atoms with E-state index in [-0.39, 0.29) is 5.76 Å². The van der Waals surface area contributed by atoms with Crippen molar-refractivity contribution in [1.82, 2.24) is 0 Å². The topological polar surface area (TPSA) is 51.5 Å². The van der Waals surface area contributed by atoms with Gasteiger partial charge in [0.25, 0.3) is 5.91 Å². The zero-order chi connectivity index (χ0) is 19.1.